The van der Waals surface area contributed by atoms with Crippen LogP contribution in [0.15, 0.2) is 24.3 Å². The molecule has 2 aromatic rings. The van der Waals surface area contributed by atoms with Crippen LogP contribution >= 0.6 is 0 Å². The Morgan fingerprint density at radius 2 is 2.00 bits per heavy atom. The lowest BCUT2D eigenvalue weighted by molar-refractivity contribution is 0.0412. The zero-order valence-electron chi connectivity index (χ0n) is 17.5. The molecule has 29 heavy (non-hydrogen) atoms. The van der Waals surface area contributed by atoms with E-state index >= 15 is 0 Å². The molecule has 1 unspecified atom stereocenters. The molecule has 0 fully saturated rings. The number of phenolic OH excluding ortho intramolecular Hbond substituents is 1. The second-order valence-electron chi connectivity index (χ2n) is 7.93. The molecule has 1 aliphatic heterocycles. The van der Waals surface area contributed by atoms with E-state index < -0.39 is 0 Å². The summed E-state index contributed by atoms with van der Waals surface area (Å²) in [6, 6.07) is 7.17. The summed E-state index contributed by atoms with van der Waals surface area (Å²) < 4.78 is 12.4. The van der Waals surface area contributed by atoms with Gasteiger partial charge in [0.05, 0.1) is 12.3 Å². The third kappa shape index (κ3) is 4.10. The van der Waals surface area contributed by atoms with Crippen molar-refractivity contribution in [2.24, 2.45) is 11.6 Å². The molecule has 1 heterocycles. The highest BCUT2D eigenvalue weighted by molar-refractivity contribution is 5.91. The van der Waals surface area contributed by atoms with Crippen LogP contribution in [-0.2, 0) is 6.42 Å². The van der Waals surface area contributed by atoms with E-state index in [1.165, 1.54) is 0 Å². The molecule has 6 N–H and O–H groups in total. The molecule has 0 aromatic heterocycles. The number of hydrogen-bond acceptors (Lipinski definition) is 5. The first kappa shape index (κ1) is 20.8. The van der Waals surface area contributed by atoms with Crippen molar-refractivity contribution < 1.29 is 14.6 Å². The number of ether oxygens (including phenoxy) is 2. The molecule has 0 spiro atoms. The quantitative estimate of drug-likeness (QED) is 0.265. The molecule has 1 atom stereocenters. The van der Waals surface area contributed by atoms with Crippen molar-refractivity contribution in [1.82, 2.24) is 0 Å². The number of anilines is 1. The Bertz CT molecular complexity index is 944. The molecular weight excluding hydrogens is 368 g/mol. The summed E-state index contributed by atoms with van der Waals surface area (Å²) in [7, 11) is 0. The lowest BCUT2D eigenvalue weighted by Crippen LogP contribution is -2.42. The number of hydrogen-bond donors (Lipinski definition) is 4. The number of phenols is 1. The molecule has 0 aliphatic carbocycles. The third-order valence-corrected chi connectivity index (χ3v) is 5.85. The summed E-state index contributed by atoms with van der Waals surface area (Å²) >= 11 is 0. The predicted molar refractivity (Wildman–Crippen MR) is 115 cm³/mol. The average Bonchev–Trinajstić information content (AvgIpc) is 2.70. The minimum Gasteiger partial charge on any atom is -0.507 e. The van der Waals surface area contributed by atoms with Gasteiger partial charge in [0.15, 0.2) is 0 Å². The number of nitrogens with two attached hydrogens (primary N) is 2. The molecule has 0 saturated heterocycles. The topological polar surface area (TPSA) is 118 Å². The maximum atomic E-state index is 10.3. The second kappa shape index (κ2) is 7.83. The summed E-state index contributed by atoms with van der Waals surface area (Å²) in [4.78, 5) is 0. The largest absolute Gasteiger partial charge is 0.507 e. The van der Waals surface area contributed by atoms with E-state index in [9.17, 15) is 5.11 Å². The maximum Gasteiger partial charge on any atom is 0.207 e. The number of guanidine groups is 1. The van der Waals surface area contributed by atoms with Crippen molar-refractivity contribution in [3.63, 3.8) is 0 Å². The molecule has 156 valence electrons. The van der Waals surface area contributed by atoms with Crippen LogP contribution in [0.5, 0.6) is 17.2 Å². The fraction of sp³-hybridized carbons (Fsp3) is 0.409. The van der Waals surface area contributed by atoms with Gasteiger partial charge in [-0.2, -0.15) is 0 Å². The molecule has 0 amide bonds. The highest BCUT2D eigenvalue weighted by Gasteiger charge is 2.34. The summed E-state index contributed by atoms with van der Waals surface area (Å²) in [6.45, 7) is 8.45. The highest BCUT2D eigenvalue weighted by Crippen LogP contribution is 2.44. The monoisotopic (exact) mass is 398 g/mol. The predicted octanol–water partition coefficient (Wildman–Crippen LogP) is 3.44. The molecular formula is C22H30N4O3. The van der Waals surface area contributed by atoms with Crippen molar-refractivity contribution in [2.75, 3.05) is 11.6 Å². The van der Waals surface area contributed by atoms with Crippen LogP contribution in [0.4, 0.5) is 5.69 Å². The van der Waals surface area contributed by atoms with Crippen molar-refractivity contribution >= 4 is 11.6 Å². The smallest absolute Gasteiger partial charge is 0.207 e. The Balaban J connectivity index is 1.68. The summed E-state index contributed by atoms with van der Waals surface area (Å²) in [6.07, 6.45) is 2.43. The Hall–Kier alpha value is -2.93. The number of rotatable bonds is 5. The van der Waals surface area contributed by atoms with Gasteiger partial charge in [-0.3, -0.25) is 5.41 Å². The number of benzene rings is 2. The maximum absolute atomic E-state index is 10.3. The van der Waals surface area contributed by atoms with E-state index in [4.69, 9.17) is 26.5 Å². The number of aromatic hydroxyl groups is 1. The summed E-state index contributed by atoms with van der Waals surface area (Å²) in [5.41, 5.74) is 9.55. The first-order valence-corrected chi connectivity index (χ1v) is 9.75. The Morgan fingerprint density at radius 1 is 1.28 bits per heavy atom. The fourth-order valence-electron chi connectivity index (χ4n) is 3.72. The van der Waals surface area contributed by atoms with E-state index in [1.54, 1.807) is 12.1 Å². The molecule has 1 aliphatic rings. The third-order valence-electron chi connectivity index (χ3n) is 5.85. The van der Waals surface area contributed by atoms with Gasteiger partial charge < -0.3 is 20.3 Å². The lowest BCUT2D eigenvalue weighted by Gasteiger charge is -2.38. The van der Waals surface area contributed by atoms with Crippen LogP contribution in [-0.4, -0.2) is 23.3 Å². The number of nitrogens with zero attached hydrogens (tertiary/aromatic N) is 1. The molecule has 3 rings (SSSR count). The van der Waals surface area contributed by atoms with Gasteiger partial charge in [0.1, 0.15) is 22.8 Å². The number of nitrogens with one attached hydrogen (secondary N) is 1. The van der Waals surface area contributed by atoms with Gasteiger partial charge in [0, 0.05) is 18.1 Å². The Labute approximate surface area is 171 Å². The molecule has 2 aromatic carbocycles. The normalized spacial score (nSPS) is 18.0. The Morgan fingerprint density at radius 3 is 2.69 bits per heavy atom. The van der Waals surface area contributed by atoms with Crippen molar-refractivity contribution in [3.8, 4) is 17.2 Å². The van der Waals surface area contributed by atoms with Gasteiger partial charge in [-0.05, 0) is 69.4 Å². The van der Waals surface area contributed by atoms with E-state index in [-0.39, 0.29) is 11.6 Å². The second-order valence-corrected chi connectivity index (χ2v) is 7.93. The van der Waals surface area contributed by atoms with Gasteiger partial charge in [-0.15, -0.1) is 0 Å². The van der Waals surface area contributed by atoms with Gasteiger partial charge in [-0.25, -0.2) is 10.9 Å². The summed E-state index contributed by atoms with van der Waals surface area (Å²) in [5, 5.41) is 18.9. The highest BCUT2D eigenvalue weighted by atomic mass is 16.5. The van der Waals surface area contributed by atoms with Gasteiger partial charge >= 0.3 is 0 Å². The molecule has 7 heteroatoms. The van der Waals surface area contributed by atoms with Crippen molar-refractivity contribution in [1.29, 1.82) is 5.41 Å². The summed E-state index contributed by atoms with van der Waals surface area (Å²) in [5.74, 6) is 7.45. The fourth-order valence-corrected chi connectivity index (χ4v) is 3.72. The van der Waals surface area contributed by atoms with Gasteiger partial charge in [0.25, 0.3) is 0 Å². The zero-order valence-corrected chi connectivity index (χ0v) is 17.5. The van der Waals surface area contributed by atoms with Gasteiger partial charge in [0.2, 0.25) is 5.96 Å². The average molecular weight is 399 g/mol. The van der Waals surface area contributed by atoms with Crippen LogP contribution in [0.25, 0.3) is 0 Å². The van der Waals surface area contributed by atoms with E-state index in [0.717, 1.165) is 45.9 Å². The molecule has 0 saturated carbocycles. The molecule has 0 radical (unpaired) electrons. The van der Waals surface area contributed by atoms with E-state index in [1.807, 2.05) is 32.9 Å². The Kier molecular flexibility index (Phi) is 5.61. The lowest BCUT2D eigenvalue weighted by atomic mass is 9.86. The van der Waals surface area contributed by atoms with Crippen LogP contribution in [0.2, 0.25) is 0 Å². The zero-order chi connectivity index (χ0) is 21.3. The minimum absolute atomic E-state index is 0.240. The molecule has 7 nitrogen and oxygen atoms in total. The van der Waals surface area contributed by atoms with Crippen molar-refractivity contribution in [2.45, 2.75) is 52.6 Å². The van der Waals surface area contributed by atoms with Crippen LogP contribution in [0.3, 0.4) is 0 Å². The van der Waals surface area contributed by atoms with Gasteiger partial charge in [-0.1, -0.05) is 6.07 Å². The van der Waals surface area contributed by atoms with Crippen LogP contribution < -0.4 is 26.1 Å². The minimum atomic E-state index is -0.343. The first-order valence-electron chi connectivity index (χ1n) is 9.75. The first-order chi connectivity index (χ1) is 13.6. The van der Waals surface area contributed by atoms with Crippen LogP contribution in [0, 0.1) is 26.2 Å². The molecule has 0 bridgehead atoms. The van der Waals surface area contributed by atoms with E-state index in [0.29, 0.717) is 30.2 Å². The number of hydrazine groups is 1. The number of fused-ring (bicyclic) bond motifs is 1. The van der Waals surface area contributed by atoms with Crippen molar-refractivity contribution in [3.05, 3.63) is 46.5 Å². The SMILES string of the molecule is Cc1c(C)c2c(c(C)c1O)CCC(C)(CCOc1cccc(N(N)C(=N)N)c1)O2. The van der Waals surface area contributed by atoms with E-state index in [2.05, 4.69) is 6.92 Å². The van der Waals surface area contributed by atoms with Crippen LogP contribution in [0.1, 0.15) is 42.0 Å². The standard InChI is InChI=1S/C22H30N4O3/c1-13-14(2)20-18(15(3)19(13)27)8-9-22(4,29-20)10-11-28-17-7-5-6-16(12-17)26(25)21(23)24/h5-7,12,27H,8-11,25H2,1-4H3,(H3,23,24).